The Labute approximate surface area is 162 Å². The SMILES string of the molecule is Cc1ccc(C(=O)N/N=C\c2cc(Cc3ccccc3Cl)ccc2O)cn1. The first kappa shape index (κ1) is 18.6. The van der Waals surface area contributed by atoms with Gasteiger partial charge in [-0.15, -0.1) is 0 Å². The van der Waals surface area contributed by atoms with Gasteiger partial charge in [-0.2, -0.15) is 5.10 Å². The topological polar surface area (TPSA) is 74.6 Å². The smallest absolute Gasteiger partial charge is 0.272 e. The zero-order valence-corrected chi connectivity index (χ0v) is 15.4. The molecule has 0 aliphatic heterocycles. The molecule has 0 atom stereocenters. The maximum Gasteiger partial charge on any atom is 0.272 e. The number of pyridine rings is 1. The molecule has 0 fully saturated rings. The number of aromatic hydroxyl groups is 1. The third kappa shape index (κ3) is 4.92. The number of benzene rings is 2. The van der Waals surface area contributed by atoms with E-state index in [0.29, 0.717) is 22.6 Å². The molecule has 0 aliphatic rings. The lowest BCUT2D eigenvalue weighted by Crippen LogP contribution is -2.17. The van der Waals surface area contributed by atoms with E-state index in [1.807, 2.05) is 43.3 Å². The van der Waals surface area contributed by atoms with E-state index in [9.17, 15) is 9.90 Å². The average molecular weight is 380 g/mol. The van der Waals surface area contributed by atoms with Crippen molar-refractivity contribution in [2.24, 2.45) is 5.10 Å². The largest absolute Gasteiger partial charge is 0.507 e. The second-order valence-corrected chi connectivity index (χ2v) is 6.46. The van der Waals surface area contributed by atoms with Gasteiger partial charge < -0.3 is 5.11 Å². The summed E-state index contributed by atoms with van der Waals surface area (Å²) in [4.78, 5) is 16.1. The zero-order chi connectivity index (χ0) is 19.2. The summed E-state index contributed by atoms with van der Waals surface area (Å²) >= 11 is 6.20. The van der Waals surface area contributed by atoms with Crippen molar-refractivity contribution in [1.82, 2.24) is 10.4 Å². The standard InChI is InChI=1S/C21H18ClN3O2/c1-14-6-8-17(12-23-14)21(27)25-24-13-18-11-15(7-9-20(18)26)10-16-4-2-3-5-19(16)22/h2-9,11-13,26H,10H2,1H3,(H,25,27)/b24-13-. The van der Waals surface area contributed by atoms with Crippen molar-refractivity contribution in [2.45, 2.75) is 13.3 Å². The van der Waals surface area contributed by atoms with Crippen molar-refractivity contribution >= 4 is 23.7 Å². The minimum Gasteiger partial charge on any atom is -0.507 e. The number of halogens is 1. The van der Waals surface area contributed by atoms with Gasteiger partial charge >= 0.3 is 0 Å². The van der Waals surface area contributed by atoms with E-state index in [-0.39, 0.29) is 11.7 Å². The molecule has 1 aromatic heterocycles. The van der Waals surface area contributed by atoms with E-state index in [2.05, 4.69) is 15.5 Å². The normalized spacial score (nSPS) is 10.9. The number of amides is 1. The van der Waals surface area contributed by atoms with E-state index in [1.165, 1.54) is 12.4 Å². The molecule has 0 aliphatic carbocycles. The molecule has 1 amide bonds. The maximum atomic E-state index is 12.0. The maximum absolute atomic E-state index is 12.0. The van der Waals surface area contributed by atoms with Crippen molar-refractivity contribution in [3.63, 3.8) is 0 Å². The van der Waals surface area contributed by atoms with Crippen LogP contribution in [0, 0.1) is 6.92 Å². The van der Waals surface area contributed by atoms with Crippen molar-refractivity contribution in [2.75, 3.05) is 0 Å². The lowest BCUT2D eigenvalue weighted by atomic mass is 10.0. The van der Waals surface area contributed by atoms with Gasteiger partial charge in [0.05, 0.1) is 11.8 Å². The van der Waals surface area contributed by atoms with Crippen LogP contribution in [0.4, 0.5) is 0 Å². The number of carbonyl (C=O) groups is 1. The van der Waals surface area contributed by atoms with Crippen LogP contribution in [0.3, 0.4) is 0 Å². The minimum atomic E-state index is -0.370. The number of nitrogens with one attached hydrogen (secondary N) is 1. The molecule has 6 heteroatoms. The summed E-state index contributed by atoms with van der Waals surface area (Å²) in [5.41, 5.74) is 6.14. The van der Waals surface area contributed by atoms with Crippen LogP contribution in [0.25, 0.3) is 0 Å². The number of hydrazone groups is 1. The number of aromatic nitrogens is 1. The first-order valence-electron chi connectivity index (χ1n) is 8.34. The van der Waals surface area contributed by atoms with Crippen LogP contribution in [0.5, 0.6) is 5.75 Å². The number of rotatable bonds is 5. The second kappa shape index (κ2) is 8.47. The Balaban J connectivity index is 1.70. The summed E-state index contributed by atoms with van der Waals surface area (Å²) in [7, 11) is 0. The monoisotopic (exact) mass is 379 g/mol. The highest BCUT2D eigenvalue weighted by atomic mass is 35.5. The molecule has 0 unspecified atom stereocenters. The highest BCUT2D eigenvalue weighted by Crippen LogP contribution is 2.22. The fourth-order valence-corrected chi connectivity index (χ4v) is 2.71. The van der Waals surface area contributed by atoms with Crippen LogP contribution >= 0.6 is 11.6 Å². The van der Waals surface area contributed by atoms with E-state index in [4.69, 9.17) is 11.6 Å². The van der Waals surface area contributed by atoms with Crippen LogP contribution in [0.1, 0.15) is 32.7 Å². The molecule has 136 valence electrons. The van der Waals surface area contributed by atoms with Gasteiger partial charge in [-0.25, -0.2) is 5.43 Å². The molecule has 0 spiro atoms. The lowest BCUT2D eigenvalue weighted by molar-refractivity contribution is 0.0954. The molecule has 0 radical (unpaired) electrons. The number of hydrogen-bond donors (Lipinski definition) is 2. The molecule has 2 N–H and O–H groups in total. The lowest BCUT2D eigenvalue weighted by Gasteiger charge is -2.07. The Morgan fingerprint density at radius 2 is 2.04 bits per heavy atom. The summed E-state index contributed by atoms with van der Waals surface area (Å²) < 4.78 is 0. The Kier molecular flexibility index (Phi) is 5.84. The molecule has 3 rings (SSSR count). The molecular weight excluding hydrogens is 362 g/mol. The first-order valence-corrected chi connectivity index (χ1v) is 8.72. The van der Waals surface area contributed by atoms with Crippen molar-refractivity contribution < 1.29 is 9.90 Å². The van der Waals surface area contributed by atoms with Crippen LogP contribution in [-0.2, 0) is 6.42 Å². The van der Waals surface area contributed by atoms with Crippen LogP contribution in [0.2, 0.25) is 5.02 Å². The molecule has 2 aromatic carbocycles. The van der Waals surface area contributed by atoms with Gasteiger partial charge in [0.15, 0.2) is 0 Å². The van der Waals surface area contributed by atoms with Crippen LogP contribution < -0.4 is 5.43 Å². The molecule has 5 nitrogen and oxygen atoms in total. The van der Waals surface area contributed by atoms with Crippen molar-refractivity contribution in [3.8, 4) is 5.75 Å². The van der Waals surface area contributed by atoms with E-state index < -0.39 is 0 Å². The van der Waals surface area contributed by atoms with E-state index >= 15 is 0 Å². The van der Waals surface area contributed by atoms with Gasteiger partial charge in [0.25, 0.3) is 5.91 Å². The molecule has 3 aromatic rings. The predicted molar refractivity (Wildman–Crippen MR) is 106 cm³/mol. The van der Waals surface area contributed by atoms with Crippen LogP contribution in [-0.4, -0.2) is 22.2 Å². The van der Waals surface area contributed by atoms with Crippen LogP contribution in [0.15, 0.2) is 65.9 Å². The fourth-order valence-electron chi connectivity index (χ4n) is 2.51. The highest BCUT2D eigenvalue weighted by Gasteiger charge is 2.06. The average Bonchev–Trinajstić information content (AvgIpc) is 2.66. The summed E-state index contributed by atoms with van der Waals surface area (Å²) in [5.74, 6) is -0.293. The Hall–Kier alpha value is -3.18. The van der Waals surface area contributed by atoms with E-state index in [0.717, 1.165) is 16.8 Å². The third-order valence-electron chi connectivity index (χ3n) is 3.99. The van der Waals surface area contributed by atoms with Gasteiger partial charge in [0, 0.05) is 22.5 Å². The quantitative estimate of drug-likeness (QED) is 0.517. The summed E-state index contributed by atoms with van der Waals surface area (Å²) in [6.45, 7) is 1.85. The van der Waals surface area contributed by atoms with Crippen molar-refractivity contribution in [1.29, 1.82) is 0 Å². The van der Waals surface area contributed by atoms with Gasteiger partial charge in [0.1, 0.15) is 5.75 Å². The zero-order valence-electron chi connectivity index (χ0n) is 14.7. The third-order valence-corrected chi connectivity index (χ3v) is 4.36. The number of hydrogen-bond acceptors (Lipinski definition) is 4. The molecule has 1 heterocycles. The molecule has 0 saturated carbocycles. The molecule has 27 heavy (non-hydrogen) atoms. The minimum absolute atomic E-state index is 0.0768. The first-order chi connectivity index (χ1) is 13.0. The Bertz CT molecular complexity index is 985. The predicted octanol–water partition coefficient (Wildman–Crippen LogP) is 4.10. The van der Waals surface area contributed by atoms with Gasteiger partial charge in [-0.3, -0.25) is 9.78 Å². The van der Waals surface area contributed by atoms with E-state index in [1.54, 1.807) is 18.2 Å². The van der Waals surface area contributed by atoms with Crippen molar-refractivity contribution in [3.05, 3.63) is 93.8 Å². The second-order valence-electron chi connectivity index (χ2n) is 6.05. The Morgan fingerprint density at radius 3 is 2.78 bits per heavy atom. The number of phenolic OH excluding ortho intramolecular Hbond substituents is 1. The van der Waals surface area contributed by atoms with Gasteiger partial charge in [-0.1, -0.05) is 35.9 Å². The highest BCUT2D eigenvalue weighted by molar-refractivity contribution is 6.31. The fraction of sp³-hybridized carbons (Fsp3) is 0.0952. The molecule has 0 bridgehead atoms. The summed E-state index contributed by atoms with van der Waals surface area (Å²) in [6, 6.07) is 16.3. The number of carbonyl (C=O) groups excluding carboxylic acids is 1. The number of nitrogens with zero attached hydrogens (tertiary/aromatic N) is 2. The van der Waals surface area contributed by atoms with Gasteiger partial charge in [-0.05, 0) is 54.8 Å². The summed E-state index contributed by atoms with van der Waals surface area (Å²) in [5, 5.41) is 14.7. The number of phenols is 1. The summed E-state index contributed by atoms with van der Waals surface area (Å²) in [6.07, 6.45) is 3.52. The number of aryl methyl sites for hydroxylation is 1. The molecular formula is C21H18ClN3O2. The molecule has 0 saturated heterocycles. The Morgan fingerprint density at radius 1 is 1.22 bits per heavy atom. The van der Waals surface area contributed by atoms with Gasteiger partial charge in [0.2, 0.25) is 0 Å².